The Bertz CT molecular complexity index is 1360. The van der Waals surface area contributed by atoms with Crippen molar-refractivity contribution >= 4 is 27.4 Å². The number of hydrogen-bond donors (Lipinski definition) is 3. The van der Waals surface area contributed by atoms with Gasteiger partial charge in [0.1, 0.15) is 16.3 Å². The number of hydrogen-bond acceptors (Lipinski definition) is 7. The first-order chi connectivity index (χ1) is 14.8. The lowest BCUT2D eigenvalue weighted by Crippen LogP contribution is -2.23. The van der Waals surface area contributed by atoms with Gasteiger partial charge in [-0.25, -0.2) is 23.1 Å². The number of imidazole rings is 1. The van der Waals surface area contributed by atoms with Crippen molar-refractivity contribution < 1.29 is 13.2 Å². The Kier molecular flexibility index (Phi) is 5.38. The molecule has 0 aliphatic heterocycles. The van der Waals surface area contributed by atoms with Gasteiger partial charge < -0.3 is 10.1 Å². The van der Waals surface area contributed by atoms with Gasteiger partial charge in [0.05, 0.1) is 18.5 Å². The number of anilines is 2. The Morgan fingerprint density at radius 1 is 1.16 bits per heavy atom. The normalized spacial score (nSPS) is 11.7. The van der Waals surface area contributed by atoms with E-state index in [9.17, 15) is 8.42 Å². The second-order valence-electron chi connectivity index (χ2n) is 7.00. The molecule has 0 unspecified atom stereocenters. The Hall–Kier alpha value is -3.44. The highest BCUT2D eigenvalue weighted by atomic mass is 32.2. The summed E-state index contributed by atoms with van der Waals surface area (Å²) in [5.41, 5.74) is 3.57. The third kappa shape index (κ3) is 4.09. The van der Waals surface area contributed by atoms with Crippen molar-refractivity contribution in [2.75, 3.05) is 19.0 Å². The third-order valence-electron chi connectivity index (χ3n) is 4.60. The first-order valence-electron chi connectivity index (χ1n) is 9.64. The SMILES string of the molecule is CCNS(=O)(=O)c1cc(-c2cc3nc(C)cn3c(Nc3cc(C)[nH]n3)n2)ccc1OC. The van der Waals surface area contributed by atoms with Gasteiger partial charge in [-0.05, 0) is 32.0 Å². The number of aromatic nitrogens is 5. The highest BCUT2D eigenvalue weighted by Crippen LogP contribution is 2.31. The van der Waals surface area contributed by atoms with Crippen LogP contribution in [-0.2, 0) is 10.0 Å². The maximum Gasteiger partial charge on any atom is 0.244 e. The van der Waals surface area contributed by atoms with E-state index in [0.717, 1.165) is 11.4 Å². The van der Waals surface area contributed by atoms with E-state index in [-0.39, 0.29) is 17.2 Å². The van der Waals surface area contributed by atoms with Crippen molar-refractivity contribution in [3.63, 3.8) is 0 Å². The van der Waals surface area contributed by atoms with Gasteiger partial charge in [0.2, 0.25) is 16.0 Å². The lowest BCUT2D eigenvalue weighted by Gasteiger charge is -2.13. The largest absolute Gasteiger partial charge is 0.495 e. The zero-order chi connectivity index (χ0) is 22.2. The van der Waals surface area contributed by atoms with Crippen molar-refractivity contribution in [3.05, 3.63) is 47.9 Å². The number of fused-ring (bicyclic) bond motifs is 1. The number of aromatic amines is 1. The summed E-state index contributed by atoms with van der Waals surface area (Å²) in [4.78, 5) is 9.31. The van der Waals surface area contributed by atoms with E-state index in [4.69, 9.17) is 9.72 Å². The molecule has 0 fully saturated rings. The van der Waals surface area contributed by atoms with Crippen molar-refractivity contribution in [3.8, 4) is 17.0 Å². The first kappa shape index (κ1) is 20.8. The topological polar surface area (TPSA) is 126 Å². The van der Waals surface area contributed by atoms with Crippen LogP contribution in [-0.4, -0.2) is 46.6 Å². The van der Waals surface area contributed by atoms with Crippen LogP contribution in [0.5, 0.6) is 5.75 Å². The fourth-order valence-electron chi connectivity index (χ4n) is 3.26. The van der Waals surface area contributed by atoms with Crippen molar-refractivity contribution in [2.45, 2.75) is 25.7 Å². The molecule has 4 rings (SSSR count). The van der Waals surface area contributed by atoms with E-state index in [1.165, 1.54) is 7.11 Å². The minimum absolute atomic E-state index is 0.0491. The molecule has 162 valence electrons. The fourth-order valence-corrected chi connectivity index (χ4v) is 4.49. The zero-order valence-corrected chi connectivity index (χ0v) is 18.4. The predicted octanol–water partition coefficient (Wildman–Crippen LogP) is 2.79. The number of ether oxygens (including phenoxy) is 1. The van der Waals surface area contributed by atoms with Gasteiger partial charge in [-0.3, -0.25) is 9.50 Å². The minimum atomic E-state index is -3.73. The van der Waals surface area contributed by atoms with Crippen LogP contribution in [0.4, 0.5) is 11.8 Å². The summed E-state index contributed by atoms with van der Waals surface area (Å²) in [7, 11) is -2.30. The van der Waals surface area contributed by atoms with Crippen LogP contribution in [0.3, 0.4) is 0 Å². The van der Waals surface area contributed by atoms with Gasteiger partial charge in [-0.1, -0.05) is 6.92 Å². The molecule has 0 spiro atoms. The van der Waals surface area contributed by atoms with E-state index >= 15 is 0 Å². The molecule has 0 saturated heterocycles. The van der Waals surface area contributed by atoms with Crippen LogP contribution >= 0.6 is 0 Å². The number of benzene rings is 1. The quantitative estimate of drug-likeness (QED) is 0.402. The lowest BCUT2D eigenvalue weighted by molar-refractivity contribution is 0.402. The molecule has 11 heteroatoms. The number of rotatable bonds is 7. The smallest absolute Gasteiger partial charge is 0.244 e. The molecule has 0 atom stereocenters. The summed E-state index contributed by atoms with van der Waals surface area (Å²) in [5, 5.41) is 10.3. The van der Waals surface area contributed by atoms with Crippen LogP contribution in [0.1, 0.15) is 18.3 Å². The van der Waals surface area contributed by atoms with E-state index in [1.54, 1.807) is 31.2 Å². The molecule has 1 aromatic carbocycles. The molecular formula is C20H23N7O3S. The summed E-state index contributed by atoms with van der Waals surface area (Å²) in [5.74, 6) is 1.37. The van der Waals surface area contributed by atoms with Crippen LogP contribution in [0.25, 0.3) is 16.9 Å². The Morgan fingerprint density at radius 2 is 1.97 bits per heavy atom. The van der Waals surface area contributed by atoms with Gasteiger partial charge in [0.15, 0.2) is 5.82 Å². The van der Waals surface area contributed by atoms with Gasteiger partial charge in [-0.15, -0.1) is 0 Å². The predicted molar refractivity (Wildman–Crippen MR) is 117 cm³/mol. The summed E-state index contributed by atoms with van der Waals surface area (Å²) < 4.78 is 34.9. The standard InChI is InChI=1S/C20H23N7O3S/c1-5-21-31(28,29)17-9-14(6-7-16(17)30-4)15-10-19-22-13(3)11-27(19)20(23-15)24-18-8-12(2)25-26-18/h6-11,21H,5H2,1-4H3,(H2,23,24,25,26). The number of methoxy groups -OCH3 is 1. The number of aryl methyl sites for hydroxylation is 2. The van der Waals surface area contributed by atoms with Crippen LogP contribution in [0.2, 0.25) is 0 Å². The Balaban J connectivity index is 1.86. The number of sulfonamides is 1. The molecule has 10 nitrogen and oxygen atoms in total. The van der Waals surface area contributed by atoms with Crippen molar-refractivity contribution in [1.29, 1.82) is 0 Å². The highest BCUT2D eigenvalue weighted by molar-refractivity contribution is 7.89. The molecule has 0 aliphatic carbocycles. The molecule has 0 saturated carbocycles. The summed E-state index contributed by atoms with van der Waals surface area (Å²) in [6.45, 7) is 5.79. The number of nitrogens with one attached hydrogen (secondary N) is 3. The average Bonchev–Trinajstić information content (AvgIpc) is 3.31. The molecule has 3 aromatic heterocycles. The van der Waals surface area contributed by atoms with Crippen LogP contribution in [0.15, 0.2) is 41.4 Å². The Labute approximate surface area is 179 Å². The second kappa shape index (κ2) is 8.00. The molecule has 0 bridgehead atoms. The third-order valence-corrected chi connectivity index (χ3v) is 6.17. The molecule has 0 radical (unpaired) electrons. The fraction of sp³-hybridized carbons (Fsp3) is 0.250. The monoisotopic (exact) mass is 441 g/mol. The maximum absolute atomic E-state index is 12.7. The summed E-state index contributed by atoms with van der Waals surface area (Å²) >= 11 is 0. The van der Waals surface area contributed by atoms with Gasteiger partial charge in [0.25, 0.3) is 0 Å². The number of H-pyrrole nitrogens is 1. The van der Waals surface area contributed by atoms with E-state index in [2.05, 4.69) is 25.2 Å². The molecule has 31 heavy (non-hydrogen) atoms. The van der Waals surface area contributed by atoms with Gasteiger partial charge in [-0.2, -0.15) is 5.10 Å². The molecule has 4 aromatic rings. The van der Waals surface area contributed by atoms with Crippen molar-refractivity contribution in [1.82, 2.24) is 29.3 Å². The summed E-state index contributed by atoms with van der Waals surface area (Å²) in [6.07, 6.45) is 1.86. The van der Waals surface area contributed by atoms with Crippen molar-refractivity contribution in [2.24, 2.45) is 0 Å². The zero-order valence-electron chi connectivity index (χ0n) is 17.6. The second-order valence-corrected chi connectivity index (χ2v) is 8.74. The van der Waals surface area contributed by atoms with Gasteiger partial charge >= 0.3 is 0 Å². The van der Waals surface area contributed by atoms with Crippen LogP contribution in [0, 0.1) is 13.8 Å². The molecule has 0 amide bonds. The first-order valence-corrected chi connectivity index (χ1v) is 11.1. The minimum Gasteiger partial charge on any atom is -0.495 e. The van der Waals surface area contributed by atoms with E-state index < -0.39 is 10.0 Å². The average molecular weight is 442 g/mol. The van der Waals surface area contributed by atoms with E-state index in [1.807, 2.05) is 30.5 Å². The molecule has 0 aliphatic rings. The highest BCUT2D eigenvalue weighted by Gasteiger charge is 2.20. The lowest BCUT2D eigenvalue weighted by atomic mass is 10.1. The molecular weight excluding hydrogens is 418 g/mol. The molecule has 3 heterocycles. The van der Waals surface area contributed by atoms with E-state index in [0.29, 0.717) is 28.7 Å². The van der Waals surface area contributed by atoms with Crippen LogP contribution < -0.4 is 14.8 Å². The molecule has 3 N–H and O–H groups in total. The maximum atomic E-state index is 12.7. The number of nitrogens with zero attached hydrogens (tertiary/aromatic N) is 4. The van der Waals surface area contributed by atoms with Gasteiger partial charge in [0, 0.05) is 36.1 Å². The summed E-state index contributed by atoms with van der Waals surface area (Å²) in [6, 6.07) is 8.60. The Morgan fingerprint density at radius 3 is 2.65 bits per heavy atom.